The molecule has 1 aliphatic carbocycles. The molecular weight excluding hydrogens is 180 g/mol. The molecule has 0 aromatic carbocycles. The lowest BCUT2D eigenvalue weighted by molar-refractivity contribution is 0.0988. The average Bonchev–Trinajstić information content (AvgIpc) is 2.70. The number of aromatic amines is 1. The molecule has 0 aliphatic heterocycles. The molecule has 2 heterocycles. The molecule has 2 aromatic heterocycles. The van der Waals surface area contributed by atoms with Crippen molar-refractivity contribution >= 4 is 17.2 Å². The van der Waals surface area contributed by atoms with Gasteiger partial charge in [-0.2, -0.15) is 0 Å². The number of rotatable bonds is 0. The Kier molecular flexibility index (Phi) is 1.16. The van der Waals surface area contributed by atoms with Gasteiger partial charge in [0.25, 0.3) is 0 Å². The molecule has 4 nitrogen and oxygen atoms in total. The second-order valence-electron chi connectivity index (χ2n) is 3.17. The van der Waals surface area contributed by atoms with Gasteiger partial charge in [0.2, 0.25) is 11.6 Å². The van der Waals surface area contributed by atoms with Gasteiger partial charge in [-0.3, -0.25) is 14.0 Å². The lowest BCUT2D eigenvalue weighted by Gasteiger charge is -2.02. The largest absolute Gasteiger partial charge is 0.336 e. The van der Waals surface area contributed by atoms with E-state index in [2.05, 4.69) is 4.98 Å². The number of nitrogens with one attached hydrogen (secondary N) is 1. The van der Waals surface area contributed by atoms with Gasteiger partial charge in [-0.15, -0.1) is 0 Å². The predicted octanol–water partition coefficient (Wildman–Crippen LogP) is 1.20. The molecule has 2 aromatic rings. The number of hydrogen-bond donors (Lipinski definition) is 1. The summed E-state index contributed by atoms with van der Waals surface area (Å²) in [6, 6.07) is 3.64. The molecule has 0 bridgehead atoms. The summed E-state index contributed by atoms with van der Waals surface area (Å²) in [6.07, 6.45) is 4.35. The van der Waals surface area contributed by atoms with Gasteiger partial charge in [0.15, 0.2) is 0 Å². The first-order chi connectivity index (χ1) is 6.77. The van der Waals surface area contributed by atoms with Crippen molar-refractivity contribution in [1.82, 2.24) is 9.38 Å². The zero-order valence-electron chi connectivity index (χ0n) is 7.15. The van der Waals surface area contributed by atoms with Crippen LogP contribution in [-0.4, -0.2) is 21.0 Å². The van der Waals surface area contributed by atoms with Crippen molar-refractivity contribution in [2.45, 2.75) is 0 Å². The highest BCUT2D eigenvalue weighted by molar-refractivity contribution is 6.21. The van der Waals surface area contributed by atoms with Gasteiger partial charge < -0.3 is 4.98 Å². The summed E-state index contributed by atoms with van der Waals surface area (Å²) >= 11 is 0. The van der Waals surface area contributed by atoms with Crippen molar-refractivity contribution < 1.29 is 9.59 Å². The Balaban J connectivity index is 2.47. The first-order valence-electron chi connectivity index (χ1n) is 4.23. The molecule has 3 rings (SSSR count). The maximum Gasteiger partial charge on any atom is 0.205 e. The van der Waals surface area contributed by atoms with Crippen molar-refractivity contribution in [2.75, 3.05) is 0 Å². The van der Waals surface area contributed by atoms with Crippen LogP contribution in [-0.2, 0) is 0 Å². The lowest BCUT2D eigenvalue weighted by atomic mass is 10.1. The smallest absolute Gasteiger partial charge is 0.205 e. The first kappa shape index (κ1) is 7.32. The molecule has 0 unspecified atom stereocenters. The van der Waals surface area contributed by atoms with Crippen LogP contribution in [0.2, 0.25) is 0 Å². The second-order valence-corrected chi connectivity index (χ2v) is 3.17. The standard InChI is InChI=1S/C10H6N2O2/c13-6-3-4-7(14)10-9(6)11-8-2-1-5-12(8)10/h1-5,11H. The number of imidazole rings is 1. The Morgan fingerprint density at radius 1 is 1.14 bits per heavy atom. The highest BCUT2D eigenvalue weighted by Crippen LogP contribution is 2.18. The van der Waals surface area contributed by atoms with Crippen molar-refractivity contribution in [2.24, 2.45) is 0 Å². The van der Waals surface area contributed by atoms with Gasteiger partial charge >= 0.3 is 0 Å². The number of fused-ring (bicyclic) bond motifs is 3. The minimum Gasteiger partial charge on any atom is -0.336 e. The van der Waals surface area contributed by atoms with Crippen molar-refractivity contribution in [3.05, 3.63) is 41.9 Å². The van der Waals surface area contributed by atoms with E-state index in [4.69, 9.17) is 0 Å². The fraction of sp³-hybridized carbons (Fsp3) is 0. The van der Waals surface area contributed by atoms with Crippen LogP contribution < -0.4 is 0 Å². The van der Waals surface area contributed by atoms with Crippen LogP contribution in [0.3, 0.4) is 0 Å². The Bertz CT molecular complexity index is 586. The SMILES string of the molecule is O=C1C=CC(=O)c2c1[nH]c1cccn21. The Labute approximate surface area is 78.8 Å². The van der Waals surface area contributed by atoms with Crippen molar-refractivity contribution in [1.29, 1.82) is 0 Å². The van der Waals surface area contributed by atoms with Gasteiger partial charge in [0.05, 0.1) is 0 Å². The van der Waals surface area contributed by atoms with E-state index in [1.807, 2.05) is 12.1 Å². The third-order valence-electron chi connectivity index (χ3n) is 2.35. The lowest BCUT2D eigenvalue weighted by Crippen LogP contribution is -2.12. The average molecular weight is 186 g/mol. The molecule has 0 fully saturated rings. The van der Waals surface area contributed by atoms with E-state index in [0.717, 1.165) is 5.65 Å². The topological polar surface area (TPSA) is 54.3 Å². The van der Waals surface area contributed by atoms with Crippen LogP contribution >= 0.6 is 0 Å². The van der Waals surface area contributed by atoms with Crippen LogP contribution in [0.15, 0.2) is 30.5 Å². The molecule has 0 atom stereocenters. The maximum atomic E-state index is 11.5. The number of allylic oxidation sites excluding steroid dienone is 2. The van der Waals surface area contributed by atoms with E-state index in [9.17, 15) is 9.59 Å². The third-order valence-corrected chi connectivity index (χ3v) is 2.35. The van der Waals surface area contributed by atoms with Crippen molar-refractivity contribution in [3.8, 4) is 0 Å². The minimum atomic E-state index is -0.150. The number of ketones is 2. The third kappa shape index (κ3) is 0.724. The van der Waals surface area contributed by atoms with Crippen LogP contribution in [0.5, 0.6) is 0 Å². The summed E-state index contributed by atoms with van der Waals surface area (Å²) in [5.41, 5.74) is 1.58. The monoisotopic (exact) mass is 186 g/mol. The highest BCUT2D eigenvalue weighted by atomic mass is 16.1. The van der Waals surface area contributed by atoms with Gasteiger partial charge in [0, 0.05) is 6.20 Å². The van der Waals surface area contributed by atoms with E-state index in [1.54, 1.807) is 10.6 Å². The van der Waals surface area contributed by atoms with E-state index in [1.165, 1.54) is 12.2 Å². The molecule has 0 spiro atoms. The quantitative estimate of drug-likeness (QED) is 0.672. The molecule has 0 saturated carbocycles. The molecule has 0 saturated heterocycles. The van der Waals surface area contributed by atoms with Crippen LogP contribution in [0, 0.1) is 0 Å². The summed E-state index contributed by atoms with van der Waals surface area (Å²) in [4.78, 5) is 25.9. The maximum absolute atomic E-state index is 11.5. The van der Waals surface area contributed by atoms with Gasteiger partial charge in [-0.1, -0.05) is 0 Å². The van der Waals surface area contributed by atoms with Crippen LogP contribution in [0.25, 0.3) is 5.65 Å². The number of aromatic nitrogens is 2. The molecule has 14 heavy (non-hydrogen) atoms. The van der Waals surface area contributed by atoms with E-state index >= 15 is 0 Å². The number of nitrogens with zero attached hydrogens (tertiary/aromatic N) is 1. The zero-order valence-corrected chi connectivity index (χ0v) is 7.15. The van der Waals surface area contributed by atoms with Crippen LogP contribution in [0.4, 0.5) is 0 Å². The zero-order chi connectivity index (χ0) is 9.71. The summed E-state index contributed by atoms with van der Waals surface area (Å²) in [6.45, 7) is 0. The summed E-state index contributed by atoms with van der Waals surface area (Å²) in [5.74, 6) is -0.287. The normalized spacial score (nSPS) is 15.1. The second kappa shape index (κ2) is 2.23. The molecular formula is C10H6N2O2. The van der Waals surface area contributed by atoms with Gasteiger partial charge in [-0.05, 0) is 24.3 Å². The summed E-state index contributed by atoms with van der Waals surface area (Å²) in [7, 11) is 0. The molecule has 1 aliphatic rings. The fourth-order valence-corrected chi connectivity index (χ4v) is 1.72. The Morgan fingerprint density at radius 2 is 1.93 bits per heavy atom. The van der Waals surface area contributed by atoms with E-state index in [-0.39, 0.29) is 11.6 Å². The molecule has 1 N–H and O–H groups in total. The summed E-state index contributed by atoms with van der Waals surface area (Å²) in [5, 5.41) is 0. The first-order valence-corrected chi connectivity index (χ1v) is 4.23. The number of carbonyl (C=O) groups excluding carboxylic acids is 2. The fourth-order valence-electron chi connectivity index (χ4n) is 1.72. The number of carbonyl (C=O) groups is 2. The van der Waals surface area contributed by atoms with Gasteiger partial charge in [0.1, 0.15) is 17.0 Å². The van der Waals surface area contributed by atoms with Crippen molar-refractivity contribution in [3.63, 3.8) is 0 Å². The van der Waals surface area contributed by atoms with Gasteiger partial charge in [-0.25, -0.2) is 0 Å². The number of H-pyrrole nitrogens is 1. The molecule has 4 heteroatoms. The minimum absolute atomic E-state index is 0.137. The highest BCUT2D eigenvalue weighted by Gasteiger charge is 2.23. The van der Waals surface area contributed by atoms with E-state index in [0.29, 0.717) is 11.4 Å². The van der Waals surface area contributed by atoms with E-state index < -0.39 is 0 Å². The Morgan fingerprint density at radius 3 is 2.79 bits per heavy atom. The summed E-state index contributed by atoms with van der Waals surface area (Å²) < 4.78 is 1.69. The predicted molar refractivity (Wildman–Crippen MR) is 49.5 cm³/mol. The molecule has 68 valence electrons. The molecule has 0 amide bonds. The molecule has 0 radical (unpaired) electrons. The Hall–Kier alpha value is -2.10. The van der Waals surface area contributed by atoms with Crippen LogP contribution in [0.1, 0.15) is 21.0 Å². The number of hydrogen-bond acceptors (Lipinski definition) is 2.